The number of thiophene rings is 1. The van der Waals surface area contributed by atoms with Crippen LogP contribution in [0.3, 0.4) is 0 Å². The number of ether oxygens (including phenoxy) is 1. The number of nitrogens with one attached hydrogen (secondary N) is 1. The number of anilines is 1. The second-order valence-electron chi connectivity index (χ2n) is 3.52. The molecule has 2 N–H and O–H groups in total. The van der Waals surface area contributed by atoms with Crippen LogP contribution in [0.2, 0.25) is 0 Å². The van der Waals surface area contributed by atoms with Gasteiger partial charge in [0.1, 0.15) is 4.88 Å². The minimum Gasteiger partial charge on any atom is -0.477 e. The molecule has 0 saturated carbocycles. The van der Waals surface area contributed by atoms with Crippen molar-refractivity contribution in [2.45, 2.75) is 6.92 Å². The summed E-state index contributed by atoms with van der Waals surface area (Å²) >= 11 is 2.55. The molecular formula is C11H15NO4S2. The molecule has 1 aromatic heterocycles. The van der Waals surface area contributed by atoms with Crippen molar-refractivity contribution in [2.75, 3.05) is 30.5 Å². The zero-order chi connectivity index (χ0) is 13.5. The van der Waals surface area contributed by atoms with Gasteiger partial charge in [-0.1, -0.05) is 0 Å². The van der Waals surface area contributed by atoms with Crippen molar-refractivity contribution in [2.24, 2.45) is 0 Å². The number of carboxylic acids is 1. The average Bonchev–Trinajstić information content (AvgIpc) is 2.66. The molecule has 0 aliphatic carbocycles. The maximum absolute atomic E-state index is 11.6. The summed E-state index contributed by atoms with van der Waals surface area (Å²) in [7, 11) is 1.61. The van der Waals surface area contributed by atoms with Crippen molar-refractivity contribution >= 4 is 40.0 Å². The summed E-state index contributed by atoms with van der Waals surface area (Å²) in [4.78, 5) is 22.7. The van der Waals surface area contributed by atoms with Crippen molar-refractivity contribution in [3.05, 3.63) is 16.5 Å². The molecule has 18 heavy (non-hydrogen) atoms. The minimum absolute atomic E-state index is 0.130. The first-order valence-electron chi connectivity index (χ1n) is 5.25. The van der Waals surface area contributed by atoms with Crippen molar-refractivity contribution < 1.29 is 19.4 Å². The van der Waals surface area contributed by atoms with E-state index in [9.17, 15) is 9.59 Å². The Labute approximate surface area is 114 Å². The van der Waals surface area contributed by atoms with Crippen LogP contribution in [0.4, 0.5) is 5.00 Å². The molecule has 0 fully saturated rings. The van der Waals surface area contributed by atoms with E-state index in [1.165, 1.54) is 11.8 Å². The molecular weight excluding hydrogens is 274 g/mol. The van der Waals surface area contributed by atoms with Gasteiger partial charge in [-0.25, -0.2) is 4.79 Å². The van der Waals surface area contributed by atoms with Gasteiger partial charge >= 0.3 is 5.97 Å². The maximum Gasteiger partial charge on any atom is 0.346 e. The van der Waals surface area contributed by atoms with Crippen molar-refractivity contribution in [3.8, 4) is 0 Å². The fourth-order valence-electron chi connectivity index (χ4n) is 1.24. The van der Waals surface area contributed by atoms with Gasteiger partial charge < -0.3 is 15.2 Å². The van der Waals surface area contributed by atoms with Crippen LogP contribution in [0.5, 0.6) is 0 Å². The predicted octanol–water partition coefficient (Wildman–Crippen LogP) is 2.07. The normalized spacial score (nSPS) is 10.3. The number of thioether (sulfide) groups is 1. The van der Waals surface area contributed by atoms with Crippen LogP contribution in [-0.2, 0) is 9.53 Å². The van der Waals surface area contributed by atoms with E-state index < -0.39 is 5.97 Å². The fourth-order valence-corrected chi connectivity index (χ4v) is 2.85. The number of methoxy groups -OCH3 is 1. The molecule has 1 rings (SSSR count). The molecule has 1 aromatic rings. The molecule has 0 radical (unpaired) electrons. The Kier molecular flexibility index (Phi) is 6.17. The Balaban J connectivity index is 2.44. The highest BCUT2D eigenvalue weighted by Crippen LogP contribution is 2.26. The van der Waals surface area contributed by atoms with E-state index in [2.05, 4.69) is 5.32 Å². The molecule has 0 aromatic carbocycles. The Morgan fingerprint density at radius 1 is 1.56 bits per heavy atom. The zero-order valence-electron chi connectivity index (χ0n) is 10.2. The number of hydrogen-bond donors (Lipinski definition) is 2. The van der Waals surface area contributed by atoms with Crippen LogP contribution < -0.4 is 5.32 Å². The Morgan fingerprint density at radius 3 is 2.83 bits per heavy atom. The van der Waals surface area contributed by atoms with Crippen LogP contribution in [0.25, 0.3) is 0 Å². The molecule has 5 nitrogen and oxygen atoms in total. The number of aryl methyl sites for hydroxylation is 1. The minimum atomic E-state index is -0.965. The number of carboxylic acid groups (broad SMARTS) is 1. The van der Waals surface area contributed by atoms with E-state index in [1.807, 2.05) is 0 Å². The number of amides is 1. The highest BCUT2D eigenvalue weighted by molar-refractivity contribution is 7.99. The van der Waals surface area contributed by atoms with E-state index in [-0.39, 0.29) is 10.8 Å². The third-order valence-electron chi connectivity index (χ3n) is 2.04. The summed E-state index contributed by atoms with van der Waals surface area (Å²) in [6.45, 7) is 2.32. The van der Waals surface area contributed by atoms with Gasteiger partial charge in [0, 0.05) is 12.9 Å². The maximum atomic E-state index is 11.6. The van der Waals surface area contributed by atoms with Crippen LogP contribution in [0.15, 0.2) is 6.07 Å². The number of carbonyl (C=O) groups excluding carboxylic acids is 1. The van der Waals surface area contributed by atoms with Crippen LogP contribution in [0.1, 0.15) is 15.2 Å². The number of carbonyl (C=O) groups is 2. The lowest BCUT2D eigenvalue weighted by atomic mass is 10.3. The number of rotatable bonds is 7. The van der Waals surface area contributed by atoms with Gasteiger partial charge in [-0.3, -0.25) is 4.79 Å². The second kappa shape index (κ2) is 7.40. The topological polar surface area (TPSA) is 75.6 Å². The lowest BCUT2D eigenvalue weighted by molar-refractivity contribution is -0.113. The molecule has 0 saturated heterocycles. The average molecular weight is 289 g/mol. The Bertz CT molecular complexity index is 431. The van der Waals surface area contributed by atoms with E-state index in [1.54, 1.807) is 20.1 Å². The lowest BCUT2D eigenvalue weighted by Gasteiger charge is -2.02. The lowest BCUT2D eigenvalue weighted by Crippen LogP contribution is -2.13. The Hall–Kier alpha value is -1.05. The van der Waals surface area contributed by atoms with Crippen LogP contribution in [0, 0.1) is 6.92 Å². The molecule has 1 heterocycles. The first-order chi connectivity index (χ1) is 8.54. The molecule has 0 aliphatic rings. The third kappa shape index (κ3) is 4.67. The van der Waals surface area contributed by atoms with E-state index in [0.29, 0.717) is 22.9 Å². The molecule has 1 amide bonds. The first kappa shape index (κ1) is 15.0. The van der Waals surface area contributed by atoms with E-state index >= 15 is 0 Å². The molecule has 0 aliphatic heterocycles. The van der Waals surface area contributed by atoms with Gasteiger partial charge in [0.15, 0.2) is 0 Å². The summed E-state index contributed by atoms with van der Waals surface area (Å²) in [6.07, 6.45) is 0. The van der Waals surface area contributed by atoms with Crippen molar-refractivity contribution in [1.82, 2.24) is 0 Å². The van der Waals surface area contributed by atoms with Crippen LogP contribution in [-0.4, -0.2) is 42.2 Å². The number of hydrogen-bond acceptors (Lipinski definition) is 5. The largest absolute Gasteiger partial charge is 0.477 e. The summed E-state index contributed by atoms with van der Waals surface area (Å²) in [6, 6.07) is 1.67. The first-order valence-corrected chi connectivity index (χ1v) is 7.22. The molecule has 0 atom stereocenters. The van der Waals surface area contributed by atoms with Crippen LogP contribution >= 0.6 is 23.1 Å². The van der Waals surface area contributed by atoms with Gasteiger partial charge in [-0.2, -0.15) is 0 Å². The number of aromatic carboxylic acids is 1. The van der Waals surface area contributed by atoms with Gasteiger partial charge in [0.2, 0.25) is 5.91 Å². The smallest absolute Gasteiger partial charge is 0.346 e. The van der Waals surface area contributed by atoms with Gasteiger partial charge in [0.05, 0.1) is 17.4 Å². The van der Waals surface area contributed by atoms with Crippen molar-refractivity contribution in [1.29, 1.82) is 0 Å². The van der Waals surface area contributed by atoms with E-state index in [0.717, 1.165) is 17.1 Å². The summed E-state index contributed by atoms with van der Waals surface area (Å²) in [5, 5.41) is 12.2. The van der Waals surface area contributed by atoms with Gasteiger partial charge in [-0.15, -0.1) is 23.1 Å². The van der Waals surface area contributed by atoms with Gasteiger partial charge in [-0.05, 0) is 18.6 Å². The fraction of sp³-hybridized carbons (Fsp3) is 0.455. The molecule has 7 heteroatoms. The Morgan fingerprint density at radius 2 is 2.28 bits per heavy atom. The summed E-state index contributed by atoms with van der Waals surface area (Å²) in [5.41, 5.74) is 0.662. The SMILES string of the molecule is COCCSCC(=O)Nc1cc(C)c(C(=O)O)s1. The predicted molar refractivity (Wildman–Crippen MR) is 73.8 cm³/mol. The molecule has 0 bridgehead atoms. The zero-order valence-corrected chi connectivity index (χ0v) is 11.8. The monoisotopic (exact) mass is 289 g/mol. The van der Waals surface area contributed by atoms with Crippen molar-refractivity contribution in [3.63, 3.8) is 0 Å². The highest BCUT2D eigenvalue weighted by Gasteiger charge is 2.13. The van der Waals surface area contributed by atoms with E-state index in [4.69, 9.17) is 9.84 Å². The summed E-state index contributed by atoms with van der Waals surface area (Å²) < 4.78 is 4.87. The summed E-state index contributed by atoms with van der Waals surface area (Å²) in [5.74, 6) is -0.00187. The quantitative estimate of drug-likeness (QED) is 0.752. The highest BCUT2D eigenvalue weighted by atomic mass is 32.2. The molecule has 0 spiro atoms. The molecule has 100 valence electrons. The second-order valence-corrected chi connectivity index (χ2v) is 5.68. The molecule has 0 unspecified atom stereocenters. The standard InChI is InChI=1S/C11H15NO4S2/c1-7-5-9(18-10(7)11(14)15)12-8(13)6-17-4-3-16-2/h5H,3-4,6H2,1-2H3,(H,12,13)(H,14,15). The van der Waals surface area contributed by atoms with Gasteiger partial charge in [0.25, 0.3) is 0 Å². The third-order valence-corrected chi connectivity index (χ3v) is 4.10.